The summed E-state index contributed by atoms with van der Waals surface area (Å²) in [6.45, 7) is 2.48. The minimum Gasteiger partial charge on any atom is -0.253 e. The van der Waals surface area contributed by atoms with Crippen molar-refractivity contribution in [3.05, 3.63) is 50.7 Å². The van der Waals surface area contributed by atoms with E-state index in [2.05, 4.69) is 5.10 Å². The van der Waals surface area contributed by atoms with E-state index in [0.717, 1.165) is 17.0 Å². The summed E-state index contributed by atoms with van der Waals surface area (Å²) in [4.78, 5) is 12.0. The molecule has 0 saturated carbocycles. The maximum atomic E-state index is 12.0. The van der Waals surface area contributed by atoms with Crippen LogP contribution < -0.4 is 5.69 Å². The highest BCUT2D eigenvalue weighted by atomic mass is 35.5. The van der Waals surface area contributed by atoms with E-state index >= 15 is 0 Å². The van der Waals surface area contributed by atoms with Gasteiger partial charge in [-0.1, -0.05) is 23.7 Å². The molecule has 1 aromatic carbocycles. The molecule has 1 aliphatic heterocycles. The van der Waals surface area contributed by atoms with Crippen molar-refractivity contribution in [3.8, 4) is 0 Å². The van der Waals surface area contributed by atoms with Crippen LogP contribution in [-0.2, 0) is 13.0 Å². The van der Waals surface area contributed by atoms with Crippen LogP contribution in [-0.4, -0.2) is 14.3 Å². The standard InChI is InChI=1S/C13H12ClN3O/c1-2-17-13(18)16-7-6-10-9(8-12(16)15-17)4-3-5-11(10)14/h3-7H,2,8H2,1H3. The Bertz CT molecular complexity index is 697. The third-order valence-corrected chi connectivity index (χ3v) is 3.45. The van der Waals surface area contributed by atoms with Crippen molar-refractivity contribution in [3.63, 3.8) is 0 Å². The molecule has 0 N–H and O–H groups in total. The van der Waals surface area contributed by atoms with Crippen LogP contribution in [0.25, 0.3) is 12.3 Å². The number of benzene rings is 1. The highest BCUT2D eigenvalue weighted by molar-refractivity contribution is 6.32. The summed E-state index contributed by atoms with van der Waals surface area (Å²) in [5.74, 6) is 0.749. The van der Waals surface area contributed by atoms with Gasteiger partial charge < -0.3 is 0 Å². The van der Waals surface area contributed by atoms with E-state index in [1.54, 1.807) is 10.8 Å². The number of rotatable bonds is 1. The van der Waals surface area contributed by atoms with E-state index in [0.29, 0.717) is 18.0 Å². The zero-order valence-corrected chi connectivity index (χ0v) is 10.7. The van der Waals surface area contributed by atoms with Gasteiger partial charge in [-0.3, -0.25) is 4.57 Å². The molecule has 0 amide bonds. The number of aromatic nitrogens is 3. The Morgan fingerprint density at radius 3 is 3.06 bits per heavy atom. The molecule has 0 atom stereocenters. The summed E-state index contributed by atoms with van der Waals surface area (Å²) in [5.41, 5.74) is 1.95. The fraction of sp³-hybridized carbons (Fsp3) is 0.231. The minimum absolute atomic E-state index is 0.104. The molecule has 0 spiro atoms. The lowest BCUT2D eigenvalue weighted by atomic mass is 10.1. The van der Waals surface area contributed by atoms with E-state index in [-0.39, 0.29) is 5.69 Å². The Morgan fingerprint density at radius 1 is 1.44 bits per heavy atom. The Kier molecular flexibility index (Phi) is 2.59. The van der Waals surface area contributed by atoms with Gasteiger partial charge in [0.25, 0.3) is 0 Å². The lowest BCUT2D eigenvalue weighted by Gasteiger charge is -2.04. The zero-order valence-electron chi connectivity index (χ0n) is 9.93. The van der Waals surface area contributed by atoms with Gasteiger partial charge in [-0.25, -0.2) is 9.48 Å². The first kappa shape index (κ1) is 11.3. The summed E-state index contributed by atoms with van der Waals surface area (Å²) in [5, 5.41) is 5.03. The predicted molar refractivity (Wildman–Crippen MR) is 71.6 cm³/mol. The normalized spacial score (nSPS) is 13.0. The Labute approximate surface area is 109 Å². The number of aryl methyl sites for hydroxylation is 1. The second-order valence-electron chi connectivity index (χ2n) is 4.19. The molecule has 0 aliphatic carbocycles. The Balaban J connectivity index is 2.21. The van der Waals surface area contributed by atoms with Crippen molar-refractivity contribution >= 4 is 23.9 Å². The molecule has 3 rings (SSSR count). The number of hydrogen-bond acceptors (Lipinski definition) is 2. The number of hydrogen-bond donors (Lipinski definition) is 0. The second kappa shape index (κ2) is 4.14. The molecule has 18 heavy (non-hydrogen) atoms. The highest BCUT2D eigenvalue weighted by Gasteiger charge is 2.16. The Hall–Kier alpha value is -1.81. The lowest BCUT2D eigenvalue weighted by molar-refractivity contribution is 0.625. The van der Waals surface area contributed by atoms with Gasteiger partial charge in [-0.15, -0.1) is 0 Å². The molecule has 0 unspecified atom stereocenters. The fourth-order valence-electron chi connectivity index (χ4n) is 2.18. The molecule has 0 saturated heterocycles. The van der Waals surface area contributed by atoms with Gasteiger partial charge in [0, 0.05) is 24.2 Å². The number of halogens is 1. The van der Waals surface area contributed by atoms with Crippen LogP contribution in [0.5, 0.6) is 0 Å². The molecule has 2 heterocycles. The minimum atomic E-state index is -0.104. The molecular formula is C13H12ClN3O. The van der Waals surface area contributed by atoms with Crippen molar-refractivity contribution in [2.75, 3.05) is 0 Å². The van der Waals surface area contributed by atoms with Gasteiger partial charge in [0.2, 0.25) is 0 Å². The largest absolute Gasteiger partial charge is 0.350 e. The second-order valence-corrected chi connectivity index (χ2v) is 4.60. The first-order valence-electron chi connectivity index (χ1n) is 5.84. The molecule has 1 aromatic heterocycles. The van der Waals surface area contributed by atoms with E-state index in [1.807, 2.05) is 31.2 Å². The summed E-state index contributed by atoms with van der Waals surface area (Å²) >= 11 is 6.16. The van der Waals surface area contributed by atoms with Gasteiger partial charge >= 0.3 is 5.69 Å². The van der Waals surface area contributed by atoms with E-state index in [9.17, 15) is 4.79 Å². The summed E-state index contributed by atoms with van der Waals surface area (Å²) in [6.07, 6.45) is 4.23. The van der Waals surface area contributed by atoms with Crippen LogP contribution in [0.2, 0.25) is 5.02 Å². The van der Waals surface area contributed by atoms with Crippen LogP contribution in [0.1, 0.15) is 23.9 Å². The van der Waals surface area contributed by atoms with E-state index in [1.165, 1.54) is 4.68 Å². The van der Waals surface area contributed by atoms with Gasteiger partial charge in [-0.05, 0) is 30.2 Å². The van der Waals surface area contributed by atoms with Crippen LogP contribution in [0.3, 0.4) is 0 Å². The monoisotopic (exact) mass is 261 g/mol. The van der Waals surface area contributed by atoms with Crippen molar-refractivity contribution in [2.45, 2.75) is 19.9 Å². The summed E-state index contributed by atoms with van der Waals surface area (Å²) in [7, 11) is 0. The first-order chi connectivity index (χ1) is 8.70. The molecule has 5 heteroatoms. The van der Waals surface area contributed by atoms with Gasteiger partial charge in [0.15, 0.2) is 0 Å². The van der Waals surface area contributed by atoms with Crippen molar-refractivity contribution < 1.29 is 0 Å². The fourth-order valence-corrected chi connectivity index (χ4v) is 2.44. The molecule has 0 fully saturated rings. The van der Waals surface area contributed by atoms with Crippen LogP contribution in [0, 0.1) is 0 Å². The number of nitrogens with zero attached hydrogens (tertiary/aromatic N) is 3. The molecular weight excluding hydrogens is 250 g/mol. The van der Waals surface area contributed by atoms with E-state index < -0.39 is 0 Å². The van der Waals surface area contributed by atoms with Gasteiger partial charge in [0.05, 0.1) is 0 Å². The topological polar surface area (TPSA) is 39.8 Å². The first-order valence-corrected chi connectivity index (χ1v) is 6.22. The van der Waals surface area contributed by atoms with Crippen molar-refractivity contribution in [1.82, 2.24) is 14.3 Å². The number of fused-ring (bicyclic) bond motifs is 2. The van der Waals surface area contributed by atoms with E-state index in [4.69, 9.17) is 11.6 Å². The van der Waals surface area contributed by atoms with Crippen LogP contribution >= 0.6 is 11.6 Å². The highest BCUT2D eigenvalue weighted by Crippen LogP contribution is 2.25. The van der Waals surface area contributed by atoms with Crippen LogP contribution in [0.15, 0.2) is 23.0 Å². The maximum Gasteiger partial charge on any atom is 0.350 e. The average molecular weight is 262 g/mol. The van der Waals surface area contributed by atoms with Crippen molar-refractivity contribution in [2.24, 2.45) is 0 Å². The molecule has 1 aliphatic rings. The SMILES string of the molecule is CCn1nc2n(c1=O)C=Cc1c(Cl)cccc1C2. The third-order valence-electron chi connectivity index (χ3n) is 3.12. The summed E-state index contributed by atoms with van der Waals surface area (Å²) in [6, 6.07) is 5.78. The zero-order chi connectivity index (χ0) is 12.7. The van der Waals surface area contributed by atoms with Gasteiger partial charge in [0.1, 0.15) is 5.82 Å². The molecule has 92 valence electrons. The van der Waals surface area contributed by atoms with Crippen LogP contribution in [0.4, 0.5) is 0 Å². The third kappa shape index (κ3) is 1.61. The molecule has 2 aromatic rings. The average Bonchev–Trinajstić information content (AvgIpc) is 2.56. The Morgan fingerprint density at radius 2 is 2.28 bits per heavy atom. The molecule has 0 radical (unpaired) electrons. The maximum absolute atomic E-state index is 12.0. The predicted octanol–water partition coefficient (Wildman–Crippen LogP) is 2.25. The molecule has 0 bridgehead atoms. The lowest BCUT2D eigenvalue weighted by Crippen LogP contribution is -2.21. The quantitative estimate of drug-likeness (QED) is 0.674. The molecule has 4 nitrogen and oxygen atoms in total. The van der Waals surface area contributed by atoms with Crippen molar-refractivity contribution in [1.29, 1.82) is 0 Å². The van der Waals surface area contributed by atoms with Gasteiger partial charge in [-0.2, -0.15) is 5.10 Å². The summed E-state index contributed by atoms with van der Waals surface area (Å²) < 4.78 is 3.05. The smallest absolute Gasteiger partial charge is 0.253 e.